The van der Waals surface area contributed by atoms with Crippen molar-refractivity contribution >= 4 is 17.4 Å². The van der Waals surface area contributed by atoms with Gasteiger partial charge in [0.2, 0.25) is 0 Å². The van der Waals surface area contributed by atoms with Gasteiger partial charge in [-0.15, -0.1) is 0 Å². The van der Waals surface area contributed by atoms with Crippen LogP contribution in [0.4, 0.5) is 19.3 Å². The summed E-state index contributed by atoms with van der Waals surface area (Å²) in [6, 6.07) is 1.99. The van der Waals surface area contributed by atoms with Gasteiger partial charge in [0.05, 0.1) is 5.69 Å². The van der Waals surface area contributed by atoms with Crippen LogP contribution in [0.3, 0.4) is 0 Å². The largest absolute Gasteiger partial charge is 0.465 e. The summed E-state index contributed by atoms with van der Waals surface area (Å²) in [7, 11) is 0. The molecule has 3 N–H and O–H groups in total. The third-order valence-electron chi connectivity index (χ3n) is 2.91. The molecule has 0 unspecified atom stereocenters. The molecule has 0 aliphatic carbocycles. The number of amides is 1. The van der Waals surface area contributed by atoms with Gasteiger partial charge in [0.1, 0.15) is 11.6 Å². The number of carboxylic acid groups (broad SMARTS) is 1. The summed E-state index contributed by atoms with van der Waals surface area (Å²) in [4.78, 5) is 11.9. The normalized spacial score (nSPS) is 15.4. The Bertz CT molecular complexity index is 529. The summed E-state index contributed by atoms with van der Waals surface area (Å²) in [5, 5.41) is 8.78. The van der Waals surface area contributed by atoms with Gasteiger partial charge in [-0.25, -0.2) is 13.6 Å². The van der Waals surface area contributed by atoms with Crippen LogP contribution in [0, 0.1) is 11.6 Å². The quantitative estimate of drug-likeness (QED) is 0.756. The molecule has 0 fully saturated rings. The van der Waals surface area contributed by atoms with E-state index in [9.17, 15) is 13.6 Å². The van der Waals surface area contributed by atoms with Crippen LogP contribution in [-0.2, 0) is 0 Å². The number of nitrogens with two attached hydrogens (primary N) is 1. The minimum atomic E-state index is -1.02. The zero-order valence-electron chi connectivity index (χ0n) is 9.49. The predicted octanol–water partition coefficient (Wildman–Crippen LogP) is 2.31. The average molecular weight is 254 g/mol. The molecule has 0 aromatic heterocycles. The van der Waals surface area contributed by atoms with Crippen LogP contribution in [0.15, 0.2) is 18.2 Å². The van der Waals surface area contributed by atoms with E-state index in [1.807, 2.05) is 0 Å². The maximum Gasteiger partial charge on any atom is 0.407 e. The number of anilines is 1. The summed E-state index contributed by atoms with van der Waals surface area (Å²) in [6.07, 6.45) is 0.923. The lowest BCUT2D eigenvalue weighted by atomic mass is 9.98. The Labute approximate surface area is 102 Å². The summed E-state index contributed by atoms with van der Waals surface area (Å²) in [6.45, 7) is 0.447. The third-order valence-corrected chi connectivity index (χ3v) is 2.91. The summed E-state index contributed by atoms with van der Waals surface area (Å²) in [5.41, 5.74) is 5.77. The second-order valence-corrected chi connectivity index (χ2v) is 4.06. The molecule has 0 saturated carbocycles. The van der Waals surface area contributed by atoms with Gasteiger partial charge in [-0.2, -0.15) is 0 Å². The lowest BCUT2D eigenvalue weighted by Gasteiger charge is -2.24. The fourth-order valence-corrected chi connectivity index (χ4v) is 1.90. The van der Waals surface area contributed by atoms with Gasteiger partial charge >= 0.3 is 6.09 Å². The molecule has 96 valence electrons. The molecule has 1 aromatic rings. The highest BCUT2D eigenvalue weighted by Gasteiger charge is 2.19. The van der Waals surface area contributed by atoms with Crippen molar-refractivity contribution in [1.82, 2.24) is 4.90 Å². The molecule has 0 bridgehead atoms. The summed E-state index contributed by atoms with van der Waals surface area (Å²) in [5.74, 6) is -1.27. The monoisotopic (exact) mass is 254 g/mol. The third kappa shape index (κ3) is 2.27. The number of nitrogen functional groups attached to an aromatic ring is 1. The molecule has 0 radical (unpaired) electrons. The smallest absolute Gasteiger partial charge is 0.407 e. The van der Waals surface area contributed by atoms with E-state index in [2.05, 4.69) is 0 Å². The Morgan fingerprint density at radius 1 is 1.33 bits per heavy atom. The molecule has 0 atom stereocenters. The van der Waals surface area contributed by atoms with Crippen LogP contribution in [0.2, 0.25) is 0 Å². The molecule has 0 saturated heterocycles. The molecule has 2 rings (SSSR count). The molecule has 1 amide bonds. The van der Waals surface area contributed by atoms with E-state index in [4.69, 9.17) is 10.8 Å². The molecule has 1 aliphatic heterocycles. The van der Waals surface area contributed by atoms with Gasteiger partial charge in [-0.1, -0.05) is 6.08 Å². The number of hydrogen-bond donors (Lipinski definition) is 2. The molecule has 1 aromatic carbocycles. The fraction of sp³-hybridized carbons (Fsp3) is 0.250. The van der Waals surface area contributed by atoms with Gasteiger partial charge in [-0.3, -0.25) is 0 Å². The first-order valence-corrected chi connectivity index (χ1v) is 5.41. The zero-order chi connectivity index (χ0) is 13.3. The molecule has 0 spiro atoms. The van der Waals surface area contributed by atoms with Gasteiger partial charge in [0.15, 0.2) is 0 Å². The first-order chi connectivity index (χ1) is 8.49. The second-order valence-electron chi connectivity index (χ2n) is 4.06. The molecular formula is C12H12F2N2O2. The Balaban J connectivity index is 2.29. The Morgan fingerprint density at radius 2 is 2.06 bits per heavy atom. The van der Waals surface area contributed by atoms with Crippen molar-refractivity contribution in [2.45, 2.75) is 6.42 Å². The number of rotatable bonds is 1. The van der Waals surface area contributed by atoms with Crippen molar-refractivity contribution in [3.05, 3.63) is 35.4 Å². The van der Waals surface area contributed by atoms with E-state index in [1.54, 1.807) is 6.08 Å². The van der Waals surface area contributed by atoms with Gasteiger partial charge in [0.25, 0.3) is 0 Å². The van der Waals surface area contributed by atoms with Gasteiger partial charge in [0, 0.05) is 24.7 Å². The number of carbonyl (C=O) groups is 1. The van der Waals surface area contributed by atoms with Crippen molar-refractivity contribution in [3.8, 4) is 0 Å². The van der Waals surface area contributed by atoms with Crippen molar-refractivity contribution in [1.29, 1.82) is 0 Å². The van der Waals surface area contributed by atoms with Crippen molar-refractivity contribution in [2.24, 2.45) is 0 Å². The molecule has 1 aliphatic rings. The molecule has 1 heterocycles. The predicted molar refractivity (Wildman–Crippen MR) is 63.0 cm³/mol. The van der Waals surface area contributed by atoms with Crippen LogP contribution in [0.1, 0.15) is 12.0 Å². The summed E-state index contributed by atoms with van der Waals surface area (Å²) >= 11 is 0. The van der Waals surface area contributed by atoms with E-state index in [0.29, 0.717) is 12.0 Å². The van der Waals surface area contributed by atoms with Gasteiger partial charge < -0.3 is 15.7 Å². The number of hydrogen-bond acceptors (Lipinski definition) is 2. The SMILES string of the molecule is Nc1cc(F)c(C2=CCN(C(=O)O)CC2)cc1F. The topological polar surface area (TPSA) is 66.6 Å². The average Bonchev–Trinajstić information content (AvgIpc) is 2.34. The highest BCUT2D eigenvalue weighted by atomic mass is 19.1. The fourth-order valence-electron chi connectivity index (χ4n) is 1.90. The lowest BCUT2D eigenvalue weighted by Crippen LogP contribution is -2.33. The van der Waals surface area contributed by atoms with E-state index in [-0.39, 0.29) is 24.3 Å². The maximum atomic E-state index is 13.7. The van der Waals surface area contributed by atoms with Crippen LogP contribution in [-0.4, -0.2) is 29.2 Å². The van der Waals surface area contributed by atoms with Crippen molar-refractivity contribution in [3.63, 3.8) is 0 Å². The first kappa shape index (κ1) is 12.3. The first-order valence-electron chi connectivity index (χ1n) is 5.41. The highest BCUT2D eigenvalue weighted by molar-refractivity contribution is 5.72. The highest BCUT2D eigenvalue weighted by Crippen LogP contribution is 2.27. The van der Waals surface area contributed by atoms with E-state index < -0.39 is 17.7 Å². The molecule has 4 nitrogen and oxygen atoms in total. The Hall–Kier alpha value is -2.11. The Morgan fingerprint density at radius 3 is 2.61 bits per heavy atom. The van der Waals surface area contributed by atoms with Crippen LogP contribution >= 0.6 is 0 Å². The zero-order valence-corrected chi connectivity index (χ0v) is 9.49. The lowest BCUT2D eigenvalue weighted by molar-refractivity contribution is 0.150. The van der Waals surface area contributed by atoms with Crippen molar-refractivity contribution in [2.75, 3.05) is 18.8 Å². The van der Waals surface area contributed by atoms with E-state index >= 15 is 0 Å². The van der Waals surface area contributed by atoms with Crippen LogP contribution in [0.5, 0.6) is 0 Å². The van der Waals surface area contributed by atoms with Crippen LogP contribution < -0.4 is 5.73 Å². The molecule has 18 heavy (non-hydrogen) atoms. The van der Waals surface area contributed by atoms with Gasteiger partial charge in [-0.05, 0) is 18.1 Å². The second kappa shape index (κ2) is 4.64. The van der Waals surface area contributed by atoms with Crippen molar-refractivity contribution < 1.29 is 18.7 Å². The number of nitrogens with zero attached hydrogens (tertiary/aromatic N) is 1. The standard InChI is InChI=1S/C12H12F2N2O2/c13-9-6-11(15)10(14)5-8(9)7-1-3-16(4-2-7)12(17)18/h1,5-6H,2-4,15H2,(H,17,18). The minimum Gasteiger partial charge on any atom is -0.465 e. The van der Waals surface area contributed by atoms with E-state index in [0.717, 1.165) is 12.1 Å². The molecule has 6 heteroatoms. The minimum absolute atomic E-state index is 0.145. The summed E-state index contributed by atoms with van der Waals surface area (Å²) < 4.78 is 26.9. The van der Waals surface area contributed by atoms with E-state index in [1.165, 1.54) is 4.90 Å². The van der Waals surface area contributed by atoms with Crippen LogP contribution in [0.25, 0.3) is 5.57 Å². The maximum absolute atomic E-state index is 13.7. The number of halogens is 2. The number of benzene rings is 1. The Kier molecular flexibility index (Phi) is 3.18. The molecular weight excluding hydrogens is 242 g/mol.